The third kappa shape index (κ3) is 3.52. The van der Waals surface area contributed by atoms with Gasteiger partial charge in [0.2, 0.25) is 7.98 Å². The topological polar surface area (TPSA) is 85.1 Å². The number of halogens is 1. The molecule has 1 aliphatic rings. The van der Waals surface area contributed by atoms with Gasteiger partial charge in [-0.15, -0.1) is 0 Å². The molecule has 1 saturated heterocycles. The number of aromatic nitrogens is 4. The van der Waals surface area contributed by atoms with Gasteiger partial charge in [-0.25, -0.2) is 15.0 Å². The first-order valence-electron chi connectivity index (χ1n) is 7.05. The summed E-state index contributed by atoms with van der Waals surface area (Å²) in [6, 6.07) is 0. The third-order valence-electron chi connectivity index (χ3n) is 3.24. The fourth-order valence-electron chi connectivity index (χ4n) is 2.34. The molecule has 3 heterocycles. The van der Waals surface area contributed by atoms with Gasteiger partial charge in [0, 0.05) is 12.6 Å². The van der Waals surface area contributed by atoms with E-state index in [1.807, 2.05) is 13.8 Å². The summed E-state index contributed by atoms with van der Waals surface area (Å²) in [6.07, 6.45) is 4.42. The molecule has 2 aromatic heterocycles. The fraction of sp³-hybridized carbons (Fsp3) is 0.583. The number of imidazole rings is 1. The Kier molecular flexibility index (Phi) is 6.79. The predicted molar refractivity (Wildman–Crippen MR) is 97.8 cm³/mol. The molecule has 0 saturated carbocycles. The van der Waals surface area contributed by atoms with Crippen molar-refractivity contribution in [1.82, 2.24) is 19.5 Å². The minimum Gasteiger partial charge on any atom is -0.421 e. The molecular formula is C12H18BIN5O2P. The molecule has 0 bridgehead atoms. The van der Waals surface area contributed by atoms with Crippen LogP contribution in [0.1, 0.15) is 26.5 Å². The van der Waals surface area contributed by atoms with E-state index in [0.29, 0.717) is 23.4 Å². The summed E-state index contributed by atoms with van der Waals surface area (Å²) in [4.78, 5) is 12.4. The first-order chi connectivity index (χ1) is 10.7. The van der Waals surface area contributed by atoms with E-state index in [9.17, 15) is 5.11 Å². The molecule has 7 nitrogen and oxygen atoms in total. The smallest absolute Gasteiger partial charge is 0.224 e. The fourth-order valence-corrected chi connectivity index (χ4v) is 4.25. The predicted octanol–water partition coefficient (Wildman–Crippen LogP) is 2.02. The van der Waals surface area contributed by atoms with Gasteiger partial charge < -0.3 is 15.1 Å². The van der Waals surface area contributed by atoms with Gasteiger partial charge in [-0.1, -0.05) is 42.1 Å². The molecule has 1 aliphatic heterocycles. The highest BCUT2D eigenvalue weighted by molar-refractivity contribution is 14.2. The second kappa shape index (κ2) is 8.38. The molecule has 4 atom stereocenters. The highest BCUT2D eigenvalue weighted by Gasteiger charge is 2.35. The Morgan fingerprint density at radius 1 is 1.50 bits per heavy atom. The highest BCUT2D eigenvalue weighted by Crippen LogP contribution is 2.35. The van der Waals surface area contributed by atoms with Crippen molar-refractivity contribution in [2.45, 2.75) is 38.7 Å². The normalized spacial score (nSPS) is 24.6. The van der Waals surface area contributed by atoms with Crippen LogP contribution in [0.4, 0.5) is 5.82 Å². The standard InChI is InChI=1S/C10H12BIN5O2P.C2H6/c11-16-8-7-9(14-3-13-8)17(4-15-7)10-6(18)1-5(19-10)2-20-12;1-2/h3-6,10,18,20H,1-2H2,(H,13,14,16);1-2H3. The van der Waals surface area contributed by atoms with Crippen LogP contribution in [0.2, 0.25) is 0 Å². The van der Waals surface area contributed by atoms with Crippen molar-refractivity contribution in [2.24, 2.45) is 0 Å². The molecule has 2 N–H and O–H groups in total. The van der Waals surface area contributed by atoms with Crippen LogP contribution in [-0.2, 0) is 4.74 Å². The Morgan fingerprint density at radius 3 is 2.95 bits per heavy atom. The lowest BCUT2D eigenvalue weighted by Crippen LogP contribution is -2.19. The van der Waals surface area contributed by atoms with Crippen molar-refractivity contribution in [2.75, 3.05) is 11.4 Å². The first kappa shape index (κ1) is 17.8. The number of hydrogen-bond acceptors (Lipinski definition) is 6. The van der Waals surface area contributed by atoms with Gasteiger partial charge in [-0.3, -0.25) is 4.57 Å². The van der Waals surface area contributed by atoms with Gasteiger partial charge in [0.15, 0.2) is 11.9 Å². The Labute approximate surface area is 145 Å². The van der Waals surface area contributed by atoms with Crippen LogP contribution >= 0.6 is 28.3 Å². The second-order valence-corrected chi connectivity index (χ2v) is 7.44. The van der Waals surface area contributed by atoms with Gasteiger partial charge in [0.1, 0.15) is 23.8 Å². The third-order valence-corrected chi connectivity index (χ3v) is 5.17. The van der Waals surface area contributed by atoms with Crippen molar-refractivity contribution in [3.63, 3.8) is 0 Å². The lowest BCUT2D eigenvalue weighted by molar-refractivity contribution is -0.0286. The Morgan fingerprint density at radius 2 is 2.27 bits per heavy atom. The molecule has 1 fully saturated rings. The Hall–Kier alpha value is -0.505. The number of ether oxygens (including phenoxy) is 1. The lowest BCUT2D eigenvalue weighted by atomic mass is 10.2. The van der Waals surface area contributed by atoms with E-state index in [1.54, 1.807) is 10.9 Å². The zero-order valence-corrected chi connectivity index (χ0v) is 15.6. The van der Waals surface area contributed by atoms with E-state index < -0.39 is 12.3 Å². The Balaban J connectivity index is 0.000000847. The monoisotopic (exact) mass is 433 g/mol. The van der Waals surface area contributed by atoms with Crippen molar-refractivity contribution >= 4 is 53.2 Å². The molecule has 0 spiro atoms. The maximum Gasteiger partial charge on any atom is 0.224 e. The van der Waals surface area contributed by atoms with Crippen LogP contribution < -0.4 is 5.23 Å². The summed E-state index contributed by atoms with van der Waals surface area (Å²) in [5.74, 6) is 0.450. The molecule has 3 rings (SSSR count). The molecule has 0 aromatic carbocycles. The van der Waals surface area contributed by atoms with Crippen LogP contribution in [0.25, 0.3) is 11.2 Å². The number of rotatable bonds is 4. The quantitative estimate of drug-likeness (QED) is 0.437. The summed E-state index contributed by atoms with van der Waals surface area (Å²) in [5.41, 5.74) is 1.15. The number of anilines is 1. The zero-order valence-electron chi connectivity index (χ0n) is 12.4. The summed E-state index contributed by atoms with van der Waals surface area (Å²) in [7, 11) is 5.40. The number of fused-ring (bicyclic) bond motifs is 1. The minimum atomic E-state index is -0.561. The van der Waals surface area contributed by atoms with Crippen molar-refractivity contribution in [3.05, 3.63) is 12.7 Å². The van der Waals surface area contributed by atoms with Crippen LogP contribution in [-0.4, -0.2) is 51.0 Å². The molecule has 0 amide bonds. The number of nitrogens with one attached hydrogen (secondary N) is 1. The SMILES string of the molecule is CC.[B]Nc1ncnc2c1ncn2C1OC(CPI)CC1O. The average Bonchev–Trinajstić information content (AvgIpc) is 3.12. The number of aliphatic hydroxyl groups excluding tert-OH is 1. The minimum absolute atomic E-state index is 0.0802. The molecule has 0 aliphatic carbocycles. The summed E-state index contributed by atoms with van der Waals surface area (Å²) in [6.45, 7) is 4.00. The molecular weight excluding hydrogens is 415 g/mol. The molecule has 118 valence electrons. The highest BCUT2D eigenvalue weighted by atomic mass is 127. The van der Waals surface area contributed by atoms with E-state index >= 15 is 0 Å². The van der Waals surface area contributed by atoms with E-state index in [0.717, 1.165) is 12.4 Å². The molecule has 4 unspecified atom stereocenters. The summed E-state index contributed by atoms with van der Waals surface area (Å²) in [5, 5.41) is 12.7. The number of hydrogen-bond donors (Lipinski definition) is 2. The molecule has 10 heteroatoms. The van der Waals surface area contributed by atoms with E-state index in [4.69, 9.17) is 12.7 Å². The maximum absolute atomic E-state index is 10.2. The van der Waals surface area contributed by atoms with Crippen molar-refractivity contribution in [1.29, 1.82) is 0 Å². The Bertz CT molecular complexity index is 616. The zero-order chi connectivity index (χ0) is 16.1. The average molecular weight is 433 g/mol. The second-order valence-electron chi connectivity index (χ2n) is 4.48. The lowest BCUT2D eigenvalue weighted by Gasteiger charge is -2.16. The number of aliphatic hydroxyl groups is 1. The van der Waals surface area contributed by atoms with Gasteiger partial charge in [-0.2, -0.15) is 0 Å². The van der Waals surface area contributed by atoms with Gasteiger partial charge in [0.25, 0.3) is 0 Å². The maximum atomic E-state index is 10.2. The van der Waals surface area contributed by atoms with Crippen molar-refractivity contribution in [3.8, 4) is 0 Å². The van der Waals surface area contributed by atoms with Gasteiger partial charge in [0.05, 0.1) is 12.4 Å². The van der Waals surface area contributed by atoms with Crippen molar-refractivity contribution < 1.29 is 9.84 Å². The van der Waals surface area contributed by atoms with Crippen LogP contribution in [0.3, 0.4) is 0 Å². The molecule has 2 radical (unpaired) electrons. The first-order valence-corrected chi connectivity index (χ1v) is 11.4. The molecule has 22 heavy (non-hydrogen) atoms. The molecule has 2 aromatic rings. The summed E-state index contributed by atoms with van der Waals surface area (Å²) >= 11 is 2.33. The van der Waals surface area contributed by atoms with E-state index in [2.05, 4.69) is 42.2 Å². The van der Waals surface area contributed by atoms with E-state index in [-0.39, 0.29) is 6.10 Å². The number of nitrogens with zero attached hydrogens (tertiary/aromatic N) is 4. The summed E-state index contributed by atoms with van der Waals surface area (Å²) < 4.78 is 7.64. The van der Waals surface area contributed by atoms with Gasteiger partial charge in [-0.05, 0) is 0 Å². The van der Waals surface area contributed by atoms with Crippen LogP contribution in [0.15, 0.2) is 12.7 Å². The van der Waals surface area contributed by atoms with E-state index in [1.165, 1.54) is 6.33 Å². The van der Waals surface area contributed by atoms with Gasteiger partial charge >= 0.3 is 0 Å². The largest absolute Gasteiger partial charge is 0.421 e. The van der Waals surface area contributed by atoms with Crippen LogP contribution in [0, 0.1) is 0 Å². The van der Waals surface area contributed by atoms with Crippen LogP contribution in [0.5, 0.6) is 0 Å².